The molecular weight excluding hydrogens is 224 g/mol. The van der Waals surface area contributed by atoms with Crippen molar-refractivity contribution in [2.24, 2.45) is 5.41 Å². The minimum Gasteiger partial charge on any atom is -0.395 e. The van der Waals surface area contributed by atoms with Crippen molar-refractivity contribution in [3.8, 4) is 0 Å². The Morgan fingerprint density at radius 2 is 2.00 bits per heavy atom. The second-order valence-corrected chi connectivity index (χ2v) is 6.61. The van der Waals surface area contributed by atoms with Crippen LogP contribution >= 0.6 is 0 Å². The summed E-state index contributed by atoms with van der Waals surface area (Å²) in [4.78, 5) is 2.58. The van der Waals surface area contributed by atoms with Crippen molar-refractivity contribution in [2.45, 2.75) is 64.5 Å². The Morgan fingerprint density at radius 1 is 1.33 bits per heavy atom. The first-order chi connectivity index (χ1) is 8.65. The Kier molecular flexibility index (Phi) is 5.05. The van der Waals surface area contributed by atoms with E-state index in [0.29, 0.717) is 17.5 Å². The van der Waals surface area contributed by atoms with E-state index in [2.05, 4.69) is 24.1 Å². The van der Waals surface area contributed by atoms with E-state index in [1.54, 1.807) is 0 Å². The van der Waals surface area contributed by atoms with E-state index in [1.807, 2.05) is 0 Å². The molecule has 1 atom stereocenters. The number of piperidine rings is 1. The Bertz CT molecular complexity index is 245. The van der Waals surface area contributed by atoms with Crippen LogP contribution in [-0.2, 0) is 0 Å². The summed E-state index contributed by atoms with van der Waals surface area (Å²) in [6.07, 6.45) is 7.68. The predicted octanol–water partition coefficient (Wildman–Crippen LogP) is 2.00. The summed E-state index contributed by atoms with van der Waals surface area (Å²) < 4.78 is 0. The van der Waals surface area contributed by atoms with Crippen molar-refractivity contribution >= 4 is 0 Å². The molecule has 0 bridgehead atoms. The number of hydrogen-bond acceptors (Lipinski definition) is 3. The second kappa shape index (κ2) is 6.36. The van der Waals surface area contributed by atoms with Crippen LogP contribution in [0.5, 0.6) is 0 Å². The van der Waals surface area contributed by atoms with Crippen LogP contribution < -0.4 is 5.32 Å². The van der Waals surface area contributed by atoms with Gasteiger partial charge in [-0.15, -0.1) is 0 Å². The lowest BCUT2D eigenvalue weighted by Gasteiger charge is -2.39. The highest BCUT2D eigenvalue weighted by molar-refractivity contribution is 4.86. The lowest BCUT2D eigenvalue weighted by molar-refractivity contribution is 0.107. The maximum Gasteiger partial charge on any atom is 0.0585 e. The molecule has 1 aliphatic heterocycles. The van der Waals surface area contributed by atoms with E-state index in [4.69, 9.17) is 0 Å². The van der Waals surface area contributed by atoms with Gasteiger partial charge in [0.15, 0.2) is 0 Å². The van der Waals surface area contributed by atoms with Crippen molar-refractivity contribution in [2.75, 3.05) is 26.2 Å². The minimum atomic E-state index is 0.289. The second-order valence-electron chi connectivity index (χ2n) is 6.61. The number of hydrogen-bond donors (Lipinski definition) is 2. The highest BCUT2D eigenvalue weighted by Gasteiger charge is 2.29. The van der Waals surface area contributed by atoms with E-state index in [0.717, 1.165) is 13.0 Å². The molecule has 0 radical (unpaired) electrons. The Hall–Kier alpha value is -0.120. The first-order valence-electron chi connectivity index (χ1n) is 7.74. The molecule has 1 aliphatic carbocycles. The fourth-order valence-electron chi connectivity index (χ4n) is 2.82. The molecule has 0 aromatic carbocycles. The van der Waals surface area contributed by atoms with Gasteiger partial charge in [0.2, 0.25) is 0 Å². The summed E-state index contributed by atoms with van der Waals surface area (Å²) in [5.74, 6) is 0. The molecule has 0 amide bonds. The smallest absolute Gasteiger partial charge is 0.0585 e. The minimum absolute atomic E-state index is 0.289. The molecule has 18 heavy (non-hydrogen) atoms. The topological polar surface area (TPSA) is 35.5 Å². The van der Waals surface area contributed by atoms with Crippen LogP contribution in [0.2, 0.25) is 0 Å². The average Bonchev–Trinajstić information content (AvgIpc) is 3.20. The lowest BCUT2D eigenvalue weighted by atomic mass is 9.78. The first kappa shape index (κ1) is 14.3. The van der Waals surface area contributed by atoms with Crippen molar-refractivity contribution in [1.82, 2.24) is 10.2 Å². The number of rotatable bonds is 7. The Morgan fingerprint density at radius 3 is 2.50 bits per heavy atom. The summed E-state index contributed by atoms with van der Waals surface area (Å²) in [7, 11) is 0. The summed E-state index contributed by atoms with van der Waals surface area (Å²) >= 11 is 0. The molecule has 2 rings (SSSR count). The van der Waals surface area contributed by atoms with Gasteiger partial charge in [-0.05, 0) is 57.2 Å². The summed E-state index contributed by atoms with van der Waals surface area (Å²) in [6, 6.07) is 1.02. The van der Waals surface area contributed by atoms with Gasteiger partial charge in [-0.2, -0.15) is 0 Å². The number of nitrogens with one attached hydrogen (secondary N) is 1. The molecule has 3 nitrogen and oxygen atoms in total. The number of likely N-dealkylation sites (tertiary alicyclic amines) is 1. The van der Waals surface area contributed by atoms with Gasteiger partial charge in [-0.3, -0.25) is 0 Å². The van der Waals surface area contributed by atoms with Crippen LogP contribution in [-0.4, -0.2) is 48.3 Å². The zero-order valence-electron chi connectivity index (χ0n) is 12.1. The predicted molar refractivity (Wildman–Crippen MR) is 75.7 cm³/mol. The van der Waals surface area contributed by atoms with Gasteiger partial charge in [0, 0.05) is 12.1 Å². The third-order valence-electron chi connectivity index (χ3n) is 4.98. The van der Waals surface area contributed by atoms with Crippen LogP contribution in [0.25, 0.3) is 0 Å². The molecule has 2 aliphatic rings. The molecule has 2 fully saturated rings. The standard InChI is InChI=1S/C15H30N2O/c1-3-15(2)7-10-17(11-8-15)9-6-14(12-18)16-13-4-5-13/h13-14,16,18H,3-12H2,1-2H3. The van der Waals surface area contributed by atoms with Crippen molar-refractivity contribution in [1.29, 1.82) is 0 Å². The normalized spacial score (nSPS) is 26.2. The van der Waals surface area contributed by atoms with Crippen molar-refractivity contribution in [3.63, 3.8) is 0 Å². The van der Waals surface area contributed by atoms with Gasteiger partial charge in [0.1, 0.15) is 0 Å². The molecule has 2 N–H and O–H groups in total. The van der Waals surface area contributed by atoms with Crippen LogP contribution in [0.3, 0.4) is 0 Å². The molecule has 1 saturated heterocycles. The van der Waals surface area contributed by atoms with Gasteiger partial charge < -0.3 is 15.3 Å². The van der Waals surface area contributed by atoms with E-state index >= 15 is 0 Å². The zero-order chi connectivity index (χ0) is 13.0. The molecule has 1 heterocycles. The largest absolute Gasteiger partial charge is 0.395 e. The van der Waals surface area contributed by atoms with E-state index < -0.39 is 0 Å². The molecular formula is C15H30N2O. The third kappa shape index (κ3) is 4.22. The Labute approximate surface area is 112 Å². The van der Waals surface area contributed by atoms with E-state index in [9.17, 15) is 5.11 Å². The quantitative estimate of drug-likeness (QED) is 0.729. The Balaban J connectivity index is 1.64. The highest BCUT2D eigenvalue weighted by Crippen LogP contribution is 2.33. The number of nitrogens with zero attached hydrogens (tertiary/aromatic N) is 1. The molecule has 1 saturated carbocycles. The van der Waals surface area contributed by atoms with Gasteiger partial charge in [-0.25, -0.2) is 0 Å². The van der Waals surface area contributed by atoms with Crippen LogP contribution in [0.1, 0.15) is 52.4 Å². The maximum absolute atomic E-state index is 9.37. The third-order valence-corrected chi connectivity index (χ3v) is 4.98. The fourth-order valence-corrected chi connectivity index (χ4v) is 2.82. The van der Waals surface area contributed by atoms with Gasteiger partial charge in [0.05, 0.1) is 6.61 Å². The van der Waals surface area contributed by atoms with Crippen LogP contribution in [0, 0.1) is 5.41 Å². The number of aliphatic hydroxyl groups excluding tert-OH is 1. The molecule has 0 aromatic rings. The average molecular weight is 254 g/mol. The highest BCUT2D eigenvalue weighted by atomic mass is 16.3. The zero-order valence-corrected chi connectivity index (χ0v) is 12.1. The maximum atomic E-state index is 9.37. The number of aliphatic hydroxyl groups is 1. The van der Waals surface area contributed by atoms with Gasteiger partial charge >= 0.3 is 0 Å². The van der Waals surface area contributed by atoms with Crippen molar-refractivity contribution in [3.05, 3.63) is 0 Å². The SMILES string of the molecule is CCC1(C)CCN(CCC(CO)NC2CC2)CC1. The lowest BCUT2D eigenvalue weighted by Crippen LogP contribution is -2.42. The molecule has 3 heteroatoms. The summed E-state index contributed by atoms with van der Waals surface area (Å²) in [6.45, 7) is 8.66. The molecule has 1 unspecified atom stereocenters. The fraction of sp³-hybridized carbons (Fsp3) is 1.00. The van der Waals surface area contributed by atoms with Gasteiger partial charge in [-0.1, -0.05) is 20.3 Å². The monoisotopic (exact) mass is 254 g/mol. The molecule has 0 aromatic heterocycles. The summed E-state index contributed by atoms with van der Waals surface area (Å²) in [5.41, 5.74) is 0.582. The van der Waals surface area contributed by atoms with E-state index in [-0.39, 0.29) is 6.61 Å². The summed E-state index contributed by atoms with van der Waals surface area (Å²) in [5, 5.41) is 12.9. The molecule has 106 valence electrons. The van der Waals surface area contributed by atoms with Crippen molar-refractivity contribution < 1.29 is 5.11 Å². The van der Waals surface area contributed by atoms with E-state index in [1.165, 1.54) is 45.2 Å². The first-order valence-corrected chi connectivity index (χ1v) is 7.74. The van der Waals surface area contributed by atoms with Gasteiger partial charge in [0.25, 0.3) is 0 Å². The van der Waals surface area contributed by atoms with Crippen LogP contribution in [0.4, 0.5) is 0 Å². The molecule has 0 spiro atoms. The van der Waals surface area contributed by atoms with Crippen LogP contribution in [0.15, 0.2) is 0 Å².